The molecule has 1 aliphatic rings. The van der Waals surface area contributed by atoms with E-state index in [1.54, 1.807) is 6.07 Å². The summed E-state index contributed by atoms with van der Waals surface area (Å²) < 4.78 is 1.96. The van der Waals surface area contributed by atoms with Crippen LogP contribution >= 0.6 is 0 Å². The average Bonchev–Trinajstić information content (AvgIpc) is 2.98. The summed E-state index contributed by atoms with van der Waals surface area (Å²) in [6.07, 6.45) is 0.372. The molecule has 6 heteroatoms. The molecule has 0 spiro atoms. The topological polar surface area (TPSA) is 70.4 Å². The van der Waals surface area contributed by atoms with Crippen molar-refractivity contribution in [3.63, 3.8) is 0 Å². The molecule has 1 aromatic heterocycles. The number of anilines is 1. The fourth-order valence-electron chi connectivity index (χ4n) is 4.02. The molecule has 3 aromatic rings. The Labute approximate surface area is 170 Å². The molecule has 1 amide bonds. The largest absolute Gasteiger partial charge is 0.508 e. The molecule has 0 saturated heterocycles. The molecule has 0 fully saturated rings. The van der Waals surface area contributed by atoms with Gasteiger partial charge in [-0.3, -0.25) is 9.48 Å². The minimum atomic E-state index is -0.0789. The van der Waals surface area contributed by atoms with Crippen LogP contribution in [0.4, 0.5) is 5.82 Å². The Balaban J connectivity index is 1.73. The number of hydrogen-bond acceptors (Lipinski definition) is 4. The second-order valence-electron chi connectivity index (χ2n) is 7.92. The number of hydrogen-bond donors (Lipinski definition) is 2. The quantitative estimate of drug-likeness (QED) is 0.700. The number of fused-ring (bicyclic) bond motifs is 1. The molecule has 2 N–H and O–H groups in total. The summed E-state index contributed by atoms with van der Waals surface area (Å²) in [5, 5.41) is 17.9. The molecule has 0 saturated carbocycles. The van der Waals surface area contributed by atoms with E-state index in [4.69, 9.17) is 0 Å². The van der Waals surface area contributed by atoms with Gasteiger partial charge in [0, 0.05) is 35.7 Å². The van der Waals surface area contributed by atoms with Crippen molar-refractivity contribution in [3.8, 4) is 5.75 Å². The highest BCUT2D eigenvalue weighted by atomic mass is 16.3. The zero-order chi connectivity index (χ0) is 20.5. The Kier molecular flexibility index (Phi) is 5.11. The Hall–Kier alpha value is -3.12. The molecule has 4 rings (SSSR count). The summed E-state index contributed by atoms with van der Waals surface area (Å²) in [4.78, 5) is 14.4. The predicted octanol–water partition coefficient (Wildman–Crippen LogP) is 3.48. The highest BCUT2D eigenvalue weighted by molar-refractivity contribution is 5.94. The number of nitrogens with zero attached hydrogens (tertiary/aromatic N) is 3. The molecule has 0 bridgehead atoms. The van der Waals surface area contributed by atoms with Gasteiger partial charge in [0.1, 0.15) is 5.75 Å². The van der Waals surface area contributed by atoms with Crippen molar-refractivity contribution in [1.82, 2.24) is 14.7 Å². The van der Waals surface area contributed by atoms with E-state index in [0.29, 0.717) is 25.3 Å². The molecule has 1 aliphatic heterocycles. The summed E-state index contributed by atoms with van der Waals surface area (Å²) in [5.41, 5.74) is 5.15. The van der Waals surface area contributed by atoms with Gasteiger partial charge in [0.2, 0.25) is 5.91 Å². The molecule has 0 radical (unpaired) electrons. The third-order valence-electron chi connectivity index (χ3n) is 5.42. The first-order valence-corrected chi connectivity index (χ1v) is 9.80. The predicted molar refractivity (Wildman–Crippen MR) is 113 cm³/mol. The van der Waals surface area contributed by atoms with Gasteiger partial charge in [-0.05, 0) is 38.2 Å². The van der Waals surface area contributed by atoms with Crippen LogP contribution in [-0.2, 0) is 17.9 Å². The van der Waals surface area contributed by atoms with E-state index >= 15 is 0 Å². The van der Waals surface area contributed by atoms with Crippen LogP contribution < -0.4 is 5.32 Å². The third kappa shape index (κ3) is 3.89. The number of carbonyl (C=O) groups is 1. The van der Waals surface area contributed by atoms with Crippen LogP contribution in [0.15, 0.2) is 48.5 Å². The van der Waals surface area contributed by atoms with E-state index in [0.717, 1.165) is 27.9 Å². The molecule has 2 aromatic carbocycles. The number of phenolic OH excluding ortho intramolecular Hbond substituents is 1. The Morgan fingerprint density at radius 2 is 1.97 bits per heavy atom. The fraction of sp³-hybridized carbons (Fsp3) is 0.304. The van der Waals surface area contributed by atoms with Crippen LogP contribution in [-0.4, -0.2) is 39.8 Å². The second kappa shape index (κ2) is 7.72. The van der Waals surface area contributed by atoms with Gasteiger partial charge >= 0.3 is 0 Å². The van der Waals surface area contributed by atoms with Crippen molar-refractivity contribution in [2.75, 3.05) is 19.4 Å². The maximum Gasteiger partial charge on any atom is 0.226 e. The molecular weight excluding hydrogens is 364 g/mol. The first-order chi connectivity index (χ1) is 13.9. The summed E-state index contributed by atoms with van der Waals surface area (Å²) in [6.45, 7) is 3.35. The van der Waals surface area contributed by atoms with Crippen molar-refractivity contribution < 1.29 is 9.90 Å². The Morgan fingerprint density at radius 3 is 2.69 bits per heavy atom. The number of benzene rings is 2. The van der Waals surface area contributed by atoms with Crippen molar-refractivity contribution >= 4 is 11.7 Å². The molecule has 1 atom stereocenters. The second-order valence-corrected chi connectivity index (χ2v) is 7.92. The lowest BCUT2D eigenvalue weighted by Crippen LogP contribution is -2.23. The number of rotatable bonds is 5. The molecule has 150 valence electrons. The third-order valence-corrected chi connectivity index (χ3v) is 5.42. The molecule has 2 heterocycles. The highest BCUT2D eigenvalue weighted by Gasteiger charge is 2.32. The van der Waals surface area contributed by atoms with E-state index in [1.807, 2.05) is 54.0 Å². The summed E-state index contributed by atoms with van der Waals surface area (Å²) in [6, 6.07) is 15.8. The van der Waals surface area contributed by atoms with Gasteiger partial charge < -0.3 is 15.3 Å². The number of nitrogens with one attached hydrogen (secondary N) is 1. The monoisotopic (exact) mass is 390 g/mol. The van der Waals surface area contributed by atoms with Crippen LogP contribution in [0.1, 0.15) is 40.3 Å². The van der Waals surface area contributed by atoms with Crippen LogP contribution in [0.5, 0.6) is 5.75 Å². The Bertz CT molecular complexity index is 1040. The van der Waals surface area contributed by atoms with Gasteiger partial charge in [0.05, 0.1) is 6.54 Å². The van der Waals surface area contributed by atoms with Crippen LogP contribution in [0.2, 0.25) is 0 Å². The summed E-state index contributed by atoms with van der Waals surface area (Å²) >= 11 is 0. The van der Waals surface area contributed by atoms with E-state index in [-0.39, 0.29) is 17.6 Å². The molecule has 6 nitrogen and oxygen atoms in total. The molecular formula is C23H26N4O2. The summed E-state index contributed by atoms with van der Waals surface area (Å²) in [7, 11) is 3.94. The standard InChI is InChI=1S/C23H26N4O2/c1-15-22-19(17-9-10-20(28)18(11-17)14-26(2)3)12-21(29)24-23(22)25-27(15)13-16-7-5-4-6-8-16/h4-11,19,28H,12-14H2,1-3H3,(H,24,25,29). The fourth-order valence-corrected chi connectivity index (χ4v) is 4.02. The van der Waals surface area contributed by atoms with Gasteiger partial charge in [-0.2, -0.15) is 5.10 Å². The minimum absolute atomic E-state index is 0.0332. The SMILES string of the molecule is Cc1c2c(nn1Cc1ccccc1)NC(=O)CC2c1ccc(O)c(CN(C)C)c1. The molecule has 29 heavy (non-hydrogen) atoms. The highest BCUT2D eigenvalue weighted by Crippen LogP contribution is 2.40. The maximum atomic E-state index is 12.4. The minimum Gasteiger partial charge on any atom is -0.508 e. The van der Waals surface area contributed by atoms with Gasteiger partial charge in [-0.15, -0.1) is 0 Å². The number of carbonyl (C=O) groups excluding carboxylic acids is 1. The van der Waals surface area contributed by atoms with Crippen LogP contribution in [0, 0.1) is 6.92 Å². The van der Waals surface area contributed by atoms with E-state index in [1.165, 1.54) is 0 Å². The Morgan fingerprint density at radius 1 is 1.21 bits per heavy atom. The normalized spacial score (nSPS) is 16.0. The first-order valence-electron chi connectivity index (χ1n) is 9.80. The van der Waals surface area contributed by atoms with Gasteiger partial charge in [-0.25, -0.2) is 0 Å². The van der Waals surface area contributed by atoms with Crippen molar-refractivity contribution in [2.24, 2.45) is 0 Å². The number of aromatic hydroxyl groups is 1. The van der Waals surface area contributed by atoms with Crippen LogP contribution in [0.25, 0.3) is 0 Å². The molecule has 0 aliphatic carbocycles. The zero-order valence-corrected chi connectivity index (χ0v) is 17.0. The first kappa shape index (κ1) is 19.2. The lowest BCUT2D eigenvalue weighted by atomic mass is 9.85. The van der Waals surface area contributed by atoms with Gasteiger partial charge in [0.25, 0.3) is 0 Å². The number of aromatic nitrogens is 2. The van der Waals surface area contributed by atoms with Gasteiger partial charge in [-0.1, -0.05) is 42.5 Å². The van der Waals surface area contributed by atoms with Crippen molar-refractivity contribution in [2.45, 2.75) is 32.4 Å². The lowest BCUT2D eigenvalue weighted by molar-refractivity contribution is -0.116. The zero-order valence-electron chi connectivity index (χ0n) is 17.0. The summed E-state index contributed by atoms with van der Waals surface area (Å²) in [5.74, 6) is 0.806. The van der Waals surface area contributed by atoms with Crippen LogP contribution in [0.3, 0.4) is 0 Å². The number of phenols is 1. The molecule has 1 unspecified atom stereocenters. The smallest absolute Gasteiger partial charge is 0.226 e. The van der Waals surface area contributed by atoms with Gasteiger partial charge in [0.15, 0.2) is 5.82 Å². The van der Waals surface area contributed by atoms with Crippen molar-refractivity contribution in [3.05, 3.63) is 76.5 Å². The number of amides is 1. The average molecular weight is 390 g/mol. The maximum absolute atomic E-state index is 12.4. The van der Waals surface area contributed by atoms with Crippen molar-refractivity contribution in [1.29, 1.82) is 0 Å². The van der Waals surface area contributed by atoms with E-state index in [2.05, 4.69) is 29.5 Å². The van der Waals surface area contributed by atoms with E-state index in [9.17, 15) is 9.90 Å². The van der Waals surface area contributed by atoms with E-state index < -0.39 is 0 Å². The lowest BCUT2D eigenvalue weighted by Gasteiger charge is -2.24.